The monoisotopic (exact) mass is 322 g/mol. The second-order valence-corrected chi connectivity index (χ2v) is 7.80. The maximum Gasteiger partial charge on any atom is 0.324 e. The Morgan fingerprint density at radius 1 is 1.20 bits per heavy atom. The zero-order valence-electron chi connectivity index (χ0n) is 10.7. The predicted molar refractivity (Wildman–Crippen MR) is 69.9 cm³/mol. The molecule has 1 aromatic rings. The van der Waals surface area contributed by atoms with Crippen molar-refractivity contribution in [1.29, 1.82) is 0 Å². The van der Waals surface area contributed by atoms with E-state index in [1.165, 1.54) is 6.07 Å². The standard InChI is InChI=1S/C10H14N2O6S2/c1-10(2,9(13)14)12-20(17,18)8-5-3-4-7(6-8)19(11,15)16/h3-6,12H,1-2H3,(H,13,14)(H2,11,15,16). The number of aliphatic carboxylic acids is 1. The molecular formula is C10H14N2O6S2. The highest BCUT2D eigenvalue weighted by molar-refractivity contribution is 7.90. The number of rotatable bonds is 5. The number of carboxylic acid groups (broad SMARTS) is 1. The summed E-state index contributed by atoms with van der Waals surface area (Å²) in [7, 11) is -8.25. The average molecular weight is 322 g/mol. The van der Waals surface area contributed by atoms with Gasteiger partial charge in [0.25, 0.3) is 0 Å². The van der Waals surface area contributed by atoms with Crippen LogP contribution in [0.25, 0.3) is 0 Å². The number of nitrogens with one attached hydrogen (secondary N) is 1. The maximum absolute atomic E-state index is 12.0. The van der Waals surface area contributed by atoms with Gasteiger partial charge in [-0.2, -0.15) is 4.72 Å². The van der Waals surface area contributed by atoms with Gasteiger partial charge in [-0.3, -0.25) is 4.79 Å². The first kappa shape index (κ1) is 16.6. The highest BCUT2D eigenvalue weighted by atomic mass is 32.2. The molecule has 0 fully saturated rings. The van der Waals surface area contributed by atoms with Crippen LogP contribution in [0.15, 0.2) is 34.1 Å². The van der Waals surface area contributed by atoms with Gasteiger partial charge >= 0.3 is 5.97 Å². The van der Waals surface area contributed by atoms with Crippen LogP contribution in [-0.4, -0.2) is 33.5 Å². The van der Waals surface area contributed by atoms with E-state index in [0.717, 1.165) is 32.0 Å². The van der Waals surface area contributed by atoms with E-state index in [2.05, 4.69) is 0 Å². The number of nitrogens with two attached hydrogens (primary N) is 1. The molecule has 4 N–H and O–H groups in total. The van der Waals surface area contributed by atoms with Crippen LogP contribution < -0.4 is 9.86 Å². The van der Waals surface area contributed by atoms with E-state index in [4.69, 9.17) is 10.2 Å². The molecule has 0 aliphatic heterocycles. The lowest BCUT2D eigenvalue weighted by Crippen LogP contribution is -2.49. The van der Waals surface area contributed by atoms with Gasteiger partial charge in [-0.25, -0.2) is 22.0 Å². The predicted octanol–water partition coefficient (Wildman–Crippen LogP) is -0.524. The average Bonchev–Trinajstić information content (AvgIpc) is 2.26. The maximum atomic E-state index is 12.0. The highest BCUT2D eigenvalue weighted by Crippen LogP contribution is 2.17. The molecule has 0 amide bonds. The Morgan fingerprint density at radius 3 is 2.15 bits per heavy atom. The summed E-state index contributed by atoms with van der Waals surface area (Å²) in [6, 6.07) is 4.32. The number of benzene rings is 1. The minimum Gasteiger partial charge on any atom is -0.480 e. The van der Waals surface area contributed by atoms with E-state index in [-0.39, 0.29) is 4.90 Å². The fourth-order valence-electron chi connectivity index (χ4n) is 1.26. The molecule has 0 spiro atoms. The van der Waals surface area contributed by atoms with Crippen molar-refractivity contribution in [3.05, 3.63) is 24.3 Å². The number of hydrogen-bond donors (Lipinski definition) is 3. The van der Waals surface area contributed by atoms with Crippen molar-refractivity contribution in [1.82, 2.24) is 4.72 Å². The molecule has 1 rings (SSSR count). The third kappa shape index (κ3) is 3.76. The van der Waals surface area contributed by atoms with Gasteiger partial charge in [0.15, 0.2) is 0 Å². The van der Waals surface area contributed by atoms with Crippen LogP contribution in [0.3, 0.4) is 0 Å². The van der Waals surface area contributed by atoms with Crippen LogP contribution >= 0.6 is 0 Å². The smallest absolute Gasteiger partial charge is 0.324 e. The molecule has 0 aliphatic rings. The van der Waals surface area contributed by atoms with Crippen LogP contribution in [-0.2, 0) is 24.8 Å². The number of hydrogen-bond acceptors (Lipinski definition) is 5. The molecule has 112 valence electrons. The molecule has 1 aromatic carbocycles. The minimum absolute atomic E-state index is 0.381. The molecule has 0 aliphatic carbocycles. The molecule has 0 saturated carbocycles. The summed E-state index contributed by atoms with van der Waals surface area (Å²) in [5.41, 5.74) is -1.74. The number of primary sulfonamides is 1. The Morgan fingerprint density at radius 2 is 1.70 bits per heavy atom. The van der Waals surface area contributed by atoms with E-state index in [9.17, 15) is 21.6 Å². The van der Waals surface area contributed by atoms with Gasteiger partial charge < -0.3 is 5.11 Å². The first-order valence-electron chi connectivity index (χ1n) is 5.26. The van der Waals surface area contributed by atoms with E-state index in [0.29, 0.717) is 0 Å². The van der Waals surface area contributed by atoms with Gasteiger partial charge in [0.1, 0.15) is 5.54 Å². The summed E-state index contributed by atoms with van der Waals surface area (Å²) in [6.07, 6.45) is 0. The molecule has 10 heteroatoms. The van der Waals surface area contributed by atoms with Crippen molar-refractivity contribution in [3.63, 3.8) is 0 Å². The Hall–Kier alpha value is -1.49. The van der Waals surface area contributed by atoms with Crippen LogP contribution in [0.4, 0.5) is 0 Å². The molecule has 20 heavy (non-hydrogen) atoms. The lowest BCUT2D eigenvalue weighted by molar-refractivity contribution is -0.142. The topological polar surface area (TPSA) is 144 Å². The summed E-state index contributed by atoms with van der Waals surface area (Å²) in [6.45, 7) is 2.33. The number of sulfonamides is 2. The number of carbonyl (C=O) groups is 1. The van der Waals surface area contributed by atoms with Gasteiger partial charge in [0.05, 0.1) is 9.79 Å². The quantitative estimate of drug-likeness (QED) is 0.665. The highest BCUT2D eigenvalue weighted by Gasteiger charge is 2.33. The second kappa shape index (κ2) is 5.13. The third-order valence-corrected chi connectivity index (χ3v) is 4.93. The van der Waals surface area contributed by atoms with Gasteiger partial charge in [0, 0.05) is 0 Å². The molecule has 0 atom stereocenters. The van der Waals surface area contributed by atoms with Crippen LogP contribution in [0.5, 0.6) is 0 Å². The fourth-order valence-corrected chi connectivity index (χ4v) is 3.31. The van der Waals surface area contributed by atoms with Gasteiger partial charge in [-0.05, 0) is 32.0 Å². The molecule has 0 aromatic heterocycles. The third-order valence-electron chi connectivity index (χ3n) is 2.37. The molecule has 0 unspecified atom stereocenters. The zero-order valence-corrected chi connectivity index (χ0v) is 12.3. The van der Waals surface area contributed by atoms with Crippen molar-refractivity contribution in [3.8, 4) is 0 Å². The molecule has 8 nitrogen and oxygen atoms in total. The molecule has 0 radical (unpaired) electrons. The summed E-state index contributed by atoms with van der Waals surface area (Å²) in [5.74, 6) is -1.37. The van der Waals surface area contributed by atoms with Crippen LogP contribution in [0, 0.1) is 0 Å². The lowest BCUT2D eigenvalue weighted by atomic mass is 10.1. The first-order chi connectivity index (χ1) is 8.86. The summed E-state index contributed by atoms with van der Waals surface area (Å²) in [5, 5.41) is 13.8. The second-order valence-electron chi connectivity index (χ2n) is 4.56. The van der Waals surface area contributed by atoms with Crippen molar-refractivity contribution in [2.45, 2.75) is 29.2 Å². The van der Waals surface area contributed by atoms with E-state index in [1.807, 2.05) is 4.72 Å². The normalized spacial score (nSPS) is 13.2. The van der Waals surface area contributed by atoms with Gasteiger partial charge in [-0.15, -0.1) is 0 Å². The Bertz CT molecular complexity index is 737. The fraction of sp³-hybridized carbons (Fsp3) is 0.300. The van der Waals surface area contributed by atoms with E-state index < -0.39 is 36.5 Å². The molecular weight excluding hydrogens is 308 g/mol. The molecule has 0 bridgehead atoms. The van der Waals surface area contributed by atoms with E-state index >= 15 is 0 Å². The van der Waals surface area contributed by atoms with Gasteiger partial charge in [-0.1, -0.05) is 6.07 Å². The SMILES string of the molecule is CC(C)(NS(=O)(=O)c1cccc(S(N)(=O)=O)c1)C(=O)O. The minimum atomic E-state index is -4.20. The Balaban J connectivity index is 3.28. The van der Waals surface area contributed by atoms with Crippen molar-refractivity contribution >= 4 is 26.0 Å². The Kier molecular flexibility index (Phi) is 4.25. The first-order valence-corrected chi connectivity index (χ1v) is 8.29. The largest absolute Gasteiger partial charge is 0.480 e. The summed E-state index contributed by atoms with van der Waals surface area (Å²) in [4.78, 5) is 10.1. The zero-order chi connectivity index (χ0) is 15.8. The van der Waals surface area contributed by atoms with Crippen LogP contribution in [0.1, 0.15) is 13.8 Å². The number of carboxylic acids is 1. The van der Waals surface area contributed by atoms with Crippen molar-refractivity contribution in [2.24, 2.45) is 5.14 Å². The summed E-state index contributed by atoms with van der Waals surface area (Å²) >= 11 is 0. The van der Waals surface area contributed by atoms with E-state index in [1.54, 1.807) is 0 Å². The Labute approximate surface area is 116 Å². The molecule has 0 heterocycles. The lowest BCUT2D eigenvalue weighted by Gasteiger charge is -2.20. The van der Waals surface area contributed by atoms with Gasteiger partial charge in [0.2, 0.25) is 20.0 Å². The molecule has 0 saturated heterocycles. The van der Waals surface area contributed by atoms with Crippen LogP contribution in [0.2, 0.25) is 0 Å². The van der Waals surface area contributed by atoms with Crippen molar-refractivity contribution in [2.75, 3.05) is 0 Å². The summed E-state index contributed by atoms with van der Waals surface area (Å²) < 4.78 is 48.4. The van der Waals surface area contributed by atoms with Crippen molar-refractivity contribution < 1.29 is 26.7 Å².